The minimum Gasteiger partial charge on any atom is -0.497 e. The number of likely N-dealkylation sites (tertiary alicyclic amines) is 1. The fraction of sp³-hybridized carbons (Fsp3) is 0.444. The highest BCUT2D eigenvalue weighted by molar-refractivity contribution is 6.10. The molecule has 3 heterocycles. The highest BCUT2D eigenvalue weighted by atomic mass is 16.5. The van der Waals surface area contributed by atoms with Crippen LogP contribution >= 0.6 is 0 Å². The molecule has 0 spiro atoms. The van der Waals surface area contributed by atoms with Crippen LogP contribution in [0.3, 0.4) is 0 Å². The average molecular weight is 509 g/mol. The molecule has 0 radical (unpaired) electrons. The maximum Gasteiger partial charge on any atom is 0.255 e. The third kappa shape index (κ3) is 5.12. The summed E-state index contributed by atoms with van der Waals surface area (Å²) >= 11 is 0. The van der Waals surface area contributed by atoms with Gasteiger partial charge in [-0.1, -0.05) is 0 Å². The van der Waals surface area contributed by atoms with Gasteiger partial charge in [-0.3, -0.25) is 14.6 Å². The number of carbonyl (C=O) groups excluding carboxylic acids is 2. The molecule has 3 N–H and O–H groups in total. The number of hydrogen-bond acceptors (Lipinski definition) is 7. The van der Waals surface area contributed by atoms with E-state index in [1.165, 1.54) is 24.9 Å². The summed E-state index contributed by atoms with van der Waals surface area (Å²) in [5.74, 6) is 1.44. The molecule has 2 aromatic heterocycles. The van der Waals surface area contributed by atoms with Crippen LogP contribution in [-0.2, 0) is 9.53 Å². The van der Waals surface area contributed by atoms with Gasteiger partial charge in [0.1, 0.15) is 23.6 Å². The number of amides is 2. The van der Waals surface area contributed by atoms with Crippen LogP contribution in [0.2, 0.25) is 0 Å². The quantitative estimate of drug-likeness (QED) is 0.405. The maximum atomic E-state index is 13.4. The zero-order valence-corrected chi connectivity index (χ0v) is 21.2. The van der Waals surface area contributed by atoms with Gasteiger partial charge in [0.25, 0.3) is 5.91 Å². The van der Waals surface area contributed by atoms with Crippen LogP contribution in [0.5, 0.6) is 11.5 Å². The number of aliphatic hydroxyl groups is 1. The van der Waals surface area contributed by atoms with E-state index in [1.807, 2.05) is 31.2 Å². The van der Waals surface area contributed by atoms with Crippen molar-refractivity contribution in [2.45, 2.75) is 31.9 Å². The Morgan fingerprint density at radius 2 is 2.00 bits per heavy atom. The summed E-state index contributed by atoms with van der Waals surface area (Å²) in [6, 6.07) is 6.99. The SMILES string of the molecule is COCC(=O)N1C[C@@H](O)[C@H](NC(=O)c2c(C)[nH]c3c(-c4cc(OC)ccc4OCC4CC4)ccnc23)C1. The lowest BCUT2D eigenvalue weighted by atomic mass is 10.0. The third-order valence-electron chi connectivity index (χ3n) is 6.98. The molecule has 1 aromatic carbocycles. The smallest absolute Gasteiger partial charge is 0.255 e. The Bertz CT molecular complexity index is 1320. The molecule has 10 heteroatoms. The van der Waals surface area contributed by atoms with E-state index in [0.717, 1.165) is 16.9 Å². The normalized spacial score (nSPS) is 19.3. The molecule has 1 aliphatic carbocycles. The number of β-amino-alcohol motifs (C(OH)–C–C–N with tert-alkyl or cyclic N) is 1. The second kappa shape index (κ2) is 10.4. The maximum absolute atomic E-state index is 13.4. The van der Waals surface area contributed by atoms with E-state index >= 15 is 0 Å². The fourth-order valence-corrected chi connectivity index (χ4v) is 4.76. The number of aliphatic hydroxyl groups excluding tert-OH is 1. The number of H-pyrrole nitrogens is 1. The Balaban J connectivity index is 1.44. The van der Waals surface area contributed by atoms with Gasteiger partial charge in [0, 0.05) is 43.2 Å². The van der Waals surface area contributed by atoms with Crippen molar-refractivity contribution in [1.29, 1.82) is 0 Å². The number of aryl methyl sites for hydroxylation is 1. The van der Waals surface area contributed by atoms with Crippen LogP contribution in [0, 0.1) is 12.8 Å². The number of hydrogen-bond donors (Lipinski definition) is 3. The predicted molar refractivity (Wildman–Crippen MR) is 137 cm³/mol. The molecule has 1 saturated carbocycles. The molecule has 2 fully saturated rings. The van der Waals surface area contributed by atoms with Crippen LogP contribution < -0.4 is 14.8 Å². The van der Waals surface area contributed by atoms with Crippen LogP contribution in [0.4, 0.5) is 0 Å². The van der Waals surface area contributed by atoms with Crippen LogP contribution in [0.15, 0.2) is 30.5 Å². The second-order valence-corrected chi connectivity index (χ2v) is 9.70. The molecule has 3 aromatic rings. The van der Waals surface area contributed by atoms with Crippen molar-refractivity contribution in [3.8, 4) is 22.6 Å². The van der Waals surface area contributed by atoms with E-state index in [9.17, 15) is 14.7 Å². The van der Waals surface area contributed by atoms with E-state index in [2.05, 4.69) is 15.3 Å². The zero-order chi connectivity index (χ0) is 26.1. The van der Waals surface area contributed by atoms with Crippen molar-refractivity contribution in [3.05, 3.63) is 41.7 Å². The van der Waals surface area contributed by atoms with Crippen molar-refractivity contribution in [3.63, 3.8) is 0 Å². The average Bonchev–Trinajstić information content (AvgIpc) is 3.56. The number of methoxy groups -OCH3 is 2. The molecule has 10 nitrogen and oxygen atoms in total. The number of ether oxygens (including phenoxy) is 3. The first-order valence-corrected chi connectivity index (χ1v) is 12.4. The monoisotopic (exact) mass is 508 g/mol. The van der Waals surface area contributed by atoms with Crippen LogP contribution in [0.25, 0.3) is 22.2 Å². The van der Waals surface area contributed by atoms with Gasteiger partial charge in [-0.25, -0.2) is 0 Å². The predicted octanol–water partition coefficient (Wildman–Crippen LogP) is 2.28. The molecule has 37 heavy (non-hydrogen) atoms. The summed E-state index contributed by atoms with van der Waals surface area (Å²) in [6.07, 6.45) is 3.17. The lowest BCUT2D eigenvalue weighted by molar-refractivity contribution is -0.134. The zero-order valence-electron chi connectivity index (χ0n) is 21.2. The molecule has 5 rings (SSSR count). The summed E-state index contributed by atoms with van der Waals surface area (Å²) in [4.78, 5) is 34.9. The van der Waals surface area contributed by atoms with Gasteiger partial charge in [0.05, 0.1) is 36.9 Å². The molecule has 2 atom stereocenters. The Morgan fingerprint density at radius 1 is 1.19 bits per heavy atom. The molecule has 2 amide bonds. The third-order valence-corrected chi connectivity index (χ3v) is 6.98. The summed E-state index contributed by atoms with van der Waals surface area (Å²) < 4.78 is 16.5. The van der Waals surface area contributed by atoms with Gasteiger partial charge in [-0.15, -0.1) is 0 Å². The fourth-order valence-electron chi connectivity index (χ4n) is 4.76. The van der Waals surface area contributed by atoms with E-state index < -0.39 is 12.1 Å². The molecule has 0 unspecified atom stereocenters. The Kier molecular flexibility index (Phi) is 7.03. The molecule has 1 aliphatic heterocycles. The first kappa shape index (κ1) is 25.0. The van der Waals surface area contributed by atoms with E-state index in [-0.39, 0.29) is 31.5 Å². The summed E-state index contributed by atoms with van der Waals surface area (Å²) in [7, 11) is 3.06. The minimum absolute atomic E-state index is 0.0712. The molecule has 2 aliphatic rings. The van der Waals surface area contributed by atoms with Crippen molar-refractivity contribution < 1.29 is 28.9 Å². The standard InChI is InChI=1S/C27H32N4O6/c1-15-24(27(34)30-20-11-31(12-21(20)32)23(33)14-35-2)26-25(29-15)18(8-9-28-26)19-10-17(36-3)6-7-22(19)37-13-16-4-5-16/h6-10,16,20-21,29,32H,4-5,11-14H2,1-3H3,(H,30,34)/t20-,21-/m1/s1. The van der Waals surface area contributed by atoms with E-state index in [1.54, 1.807) is 13.3 Å². The minimum atomic E-state index is -0.873. The lowest BCUT2D eigenvalue weighted by Crippen LogP contribution is -2.43. The van der Waals surface area contributed by atoms with Gasteiger partial charge in [0.15, 0.2) is 0 Å². The number of benzene rings is 1. The van der Waals surface area contributed by atoms with Crippen molar-refractivity contribution in [2.24, 2.45) is 5.92 Å². The van der Waals surface area contributed by atoms with E-state index in [0.29, 0.717) is 40.6 Å². The Labute approximate surface area is 214 Å². The molecule has 1 saturated heterocycles. The number of nitrogens with zero attached hydrogens (tertiary/aromatic N) is 2. The van der Waals surface area contributed by atoms with Crippen molar-refractivity contribution in [2.75, 3.05) is 40.5 Å². The summed E-state index contributed by atoms with van der Waals surface area (Å²) in [6.45, 7) is 2.76. The Morgan fingerprint density at radius 3 is 2.73 bits per heavy atom. The second-order valence-electron chi connectivity index (χ2n) is 9.70. The van der Waals surface area contributed by atoms with Crippen LogP contribution in [-0.4, -0.2) is 84.5 Å². The Hall–Kier alpha value is -3.63. The van der Waals surface area contributed by atoms with Gasteiger partial charge in [-0.2, -0.15) is 0 Å². The number of aromatic nitrogens is 2. The number of pyridine rings is 1. The first-order valence-electron chi connectivity index (χ1n) is 12.4. The molecular weight excluding hydrogens is 476 g/mol. The first-order chi connectivity index (χ1) is 17.9. The molecule has 196 valence electrons. The number of nitrogens with one attached hydrogen (secondary N) is 2. The van der Waals surface area contributed by atoms with Crippen LogP contribution in [0.1, 0.15) is 28.9 Å². The van der Waals surface area contributed by atoms with Gasteiger partial charge in [-0.05, 0) is 49.9 Å². The number of carbonyl (C=O) groups is 2. The molecule has 0 bridgehead atoms. The largest absolute Gasteiger partial charge is 0.497 e. The summed E-state index contributed by atoms with van der Waals surface area (Å²) in [5, 5.41) is 13.4. The highest BCUT2D eigenvalue weighted by Gasteiger charge is 2.36. The number of aromatic amines is 1. The number of rotatable bonds is 9. The number of fused-ring (bicyclic) bond motifs is 1. The van der Waals surface area contributed by atoms with Gasteiger partial charge in [0.2, 0.25) is 5.91 Å². The highest BCUT2D eigenvalue weighted by Crippen LogP contribution is 2.39. The van der Waals surface area contributed by atoms with E-state index in [4.69, 9.17) is 14.2 Å². The van der Waals surface area contributed by atoms with Crippen molar-refractivity contribution >= 4 is 22.8 Å². The topological polar surface area (TPSA) is 126 Å². The summed E-state index contributed by atoms with van der Waals surface area (Å²) in [5.41, 5.74) is 3.96. The van der Waals surface area contributed by atoms with Gasteiger partial charge >= 0.3 is 0 Å². The lowest BCUT2D eigenvalue weighted by Gasteiger charge is -2.16. The van der Waals surface area contributed by atoms with Gasteiger partial charge < -0.3 is 34.5 Å². The van der Waals surface area contributed by atoms with Crippen molar-refractivity contribution in [1.82, 2.24) is 20.2 Å². The molecular formula is C27H32N4O6.